The van der Waals surface area contributed by atoms with E-state index in [9.17, 15) is 0 Å². The number of aryl methyl sites for hydroxylation is 2. The van der Waals surface area contributed by atoms with Crippen LogP contribution in [0.25, 0.3) is 0 Å². The molecule has 0 aliphatic carbocycles. The molecule has 0 atom stereocenters. The molecule has 0 unspecified atom stereocenters. The second kappa shape index (κ2) is 7.29. The number of benzene rings is 1. The zero-order valence-corrected chi connectivity index (χ0v) is 12.7. The Labute approximate surface area is 117 Å². The van der Waals surface area contributed by atoms with Crippen LogP contribution in [0.15, 0.2) is 18.2 Å². The lowest BCUT2D eigenvalue weighted by Crippen LogP contribution is -2.31. The van der Waals surface area contributed by atoms with Crippen molar-refractivity contribution in [1.82, 2.24) is 4.90 Å². The Hall–Kier alpha value is -1.35. The maximum Gasteiger partial charge on any atom is 0.0918 e. The molecule has 0 bridgehead atoms. The molecule has 1 aromatic rings. The second-order valence-corrected chi connectivity index (χ2v) is 5.83. The predicted molar refractivity (Wildman–Crippen MR) is 82.6 cm³/mol. The number of rotatable bonds is 7. The Morgan fingerprint density at radius 3 is 2.58 bits per heavy atom. The molecule has 0 fully saturated rings. The van der Waals surface area contributed by atoms with Crippen molar-refractivity contribution >= 4 is 5.84 Å². The molecule has 1 aromatic carbocycles. The molecule has 19 heavy (non-hydrogen) atoms. The summed E-state index contributed by atoms with van der Waals surface area (Å²) in [4.78, 5) is 2.40. The average molecular weight is 261 g/mol. The van der Waals surface area contributed by atoms with Crippen molar-refractivity contribution < 1.29 is 0 Å². The molecule has 0 aromatic heterocycles. The van der Waals surface area contributed by atoms with Gasteiger partial charge in [0.2, 0.25) is 0 Å². The van der Waals surface area contributed by atoms with Crippen molar-refractivity contribution in [3.05, 3.63) is 34.9 Å². The van der Waals surface area contributed by atoms with Gasteiger partial charge in [-0.3, -0.25) is 10.3 Å². The van der Waals surface area contributed by atoms with Crippen molar-refractivity contribution in [2.24, 2.45) is 11.7 Å². The molecule has 3 nitrogen and oxygen atoms in total. The minimum absolute atomic E-state index is 0.273. The molecule has 0 saturated carbocycles. The average Bonchev–Trinajstić information content (AvgIpc) is 2.30. The van der Waals surface area contributed by atoms with Gasteiger partial charge in [0.05, 0.1) is 5.84 Å². The third kappa shape index (κ3) is 5.88. The third-order valence-corrected chi connectivity index (χ3v) is 3.22. The largest absolute Gasteiger partial charge is 0.388 e. The zero-order chi connectivity index (χ0) is 14.4. The van der Waals surface area contributed by atoms with E-state index < -0.39 is 0 Å². The Kier molecular flexibility index (Phi) is 6.03. The number of nitrogens with zero attached hydrogens (tertiary/aromatic N) is 1. The SMILES string of the molecule is Cc1ccc(C)c(CN(CCC(=N)N)CC(C)C)c1. The summed E-state index contributed by atoms with van der Waals surface area (Å²) in [6, 6.07) is 6.60. The molecule has 0 aliphatic heterocycles. The van der Waals surface area contributed by atoms with Crippen molar-refractivity contribution in [1.29, 1.82) is 5.41 Å². The molecule has 0 amide bonds. The van der Waals surface area contributed by atoms with Gasteiger partial charge in [-0.25, -0.2) is 0 Å². The molecule has 3 N–H and O–H groups in total. The molecule has 0 radical (unpaired) electrons. The standard InChI is InChI=1S/C16H27N3/c1-12(2)10-19(8-7-16(17)18)11-15-9-13(3)5-6-14(15)4/h5-6,9,12H,7-8,10-11H2,1-4H3,(H3,17,18). The summed E-state index contributed by atoms with van der Waals surface area (Å²) in [5, 5.41) is 7.38. The van der Waals surface area contributed by atoms with Crippen LogP contribution in [-0.4, -0.2) is 23.8 Å². The van der Waals surface area contributed by atoms with Gasteiger partial charge in [-0.15, -0.1) is 0 Å². The first kappa shape index (κ1) is 15.7. The maximum atomic E-state index is 7.38. The Morgan fingerprint density at radius 2 is 2.00 bits per heavy atom. The van der Waals surface area contributed by atoms with Crippen LogP contribution < -0.4 is 5.73 Å². The summed E-state index contributed by atoms with van der Waals surface area (Å²) in [6.45, 7) is 11.6. The fraction of sp³-hybridized carbons (Fsp3) is 0.562. The second-order valence-electron chi connectivity index (χ2n) is 5.83. The van der Waals surface area contributed by atoms with E-state index in [1.54, 1.807) is 0 Å². The minimum atomic E-state index is 0.273. The van der Waals surface area contributed by atoms with Gasteiger partial charge in [0.15, 0.2) is 0 Å². The van der Waals surface area contributed by atoms with Crippen LogP contribution in [0.3, 0.4) is 0 Å². The number of hydrogen-bond donors (Lipinski definition) is 2. The highest BCUT2D eigenvalue weighted by Gasteiger charge is 2.10. The molecule has 0 saturated heterocycles. The molecule has 106 valence electrons. The topological polar surface area (TPSA) is 53.1 Å². The smallest absolute Gasteiger partial charge is 0.0918 e. The van der Waals surface area contributed by atoms with E-state index in [-0.39, 0.29) is 5.84 Å². The van der Waals surface area contributed by atoms with Gasteiger partial charge in [-0.2, -0.15) is 0 Å². The summed E-state index contributed by atoms with van der Waals surface area (Å²) in [7, 11) is 0. The van der Waals surface area contributed by atoms with Crippen LogP contribution in [0, 0.1) is 25.2 Å². The maximum absolute atomic E-state index is 7.38. The van der Waals surface area contributed by atoms with Gasteiger partial charge in [0.1, 0.15) is 0 Å². The van der Waals surface area contributed by atoms with Crippen molar-refractivity contribution in [3.8, 4) is 0 Å². The first-order chi connectivity index (χ1) is 8.88. The first-order valence-electron chi connectivity index (χ1n) is 7.00. The van der Waals surface area contributed by atoms with Gasteiger partial charge >= 0.3 is 0 Å². The zero-order valence-electron chi connectivity index (χ0n) is 12.7. The fourth-order valence-electron chi connectivity index (χ4n) is 2.24. The lowest BCUT2D eigenvalue weighted by molar-refractivity contribution is 0.242. The Bertz CT molecular complexity index is 424. The molecule has 3 heteroatoms. The van der Waals surface area contributed by atoms with Crippen LogP contribution in [0.4, 0.5) is 0 Å². The predicted octanol–water partition coefficient (Wildman–Crippen LogP) is 3.09. The number of nitrogens with one attached hydrogen (secondary N) is 1. The highest BCUT2D eigenvalue weighted by molar-refractivity contribution is 5.76. The third-order valence-electron chi connectivity index (χ3n) is 3.22. The Morgan fingerprint density at radius 1 is 1.32 bits per heavy atom. The molecule has 0 heterocycles. The summed E-state index contributed by atoms with van der Waals surface area (Å²) in [6.07, 6.45) is 0.650. The van der Waals surface area contributed by atoms with Crippen molar-refractivity contribution in [2.45, 2.75) is 40.7 Å². The molecule has 0 aliphatic rings. The van der Waals surface area contributed by atoms with Crippen LogP contribution in [0.1, 0.15) is 37.0 Å². The number of amidine groups is 1. The number of nitrogens with two attached hydrogens (primary N) is 1. The van der Waals surface area contributed by atoms with Gasteiger partial charge in [-0.05, 0) is 30.9 Å². The van der Waals surface area contributed by atoms with E-state index in [1.807, 2.05) is 0 Å². The van der Waals surface area contributed by atoms with E-state index >= 15 is 0 Å². The highest BCUT2D eigenvalue weighted by atomic mass is 15.1. The van der Waals surface area contributed by atoms with Crippen molar-refractivity contribution in [2.75, 3.05) is 13.1 Å². The first-order valence-corrected chi connectivity index (χ1v) is 7.00. The van der Waals surface area contributed by atoms with Gasteiger partial charge in [0, 0.05) is 26.1 Å². The summed E-state index contributed by atoms with van der Waals surface area (Å²) in [5.74, 6) is 0.895. The summed E-state index contributed by atoms with van der Waals surface area (Å²) < 4.78 is 0. The van der Waals surface area contributed by atoms with Gasteiger partial charge in [0.25, 0.3) is 0 Å². The highest BCUT2D eigenvalue weighted by Crippen LogP contribution is 2.14. The quantitative estimate of drug-likeness (QED) is 0.585. The van der Waals surface area contributed by atoms with E-state index in [1.165, 1.54) is 16.7 Å². The van der Waals surface area contributed by atoms with E-state index in [0.29, 0.717) is 12.3 Å². The lowest BCUT2D eigenvalue weighted by atomic mass is 10.0. The van der Waals surface area contributed by atoms with E-state index in [0.717, 1.165) is 19.6 Å². The van der Waals surface area contributed by atoms with Crippen LogP contribution in [-0.2, 0) is 6.54 Å². The monoisotopic (exact) mass is 261 g/mol. The van der Waals surface area contributed by atoms with Crippen LogP contribution in [0.2, 0.25) is 0 Å². The van der Waals surface area contributed by atoms with Crippen molar-refractivity contribution in [3.63, 3.8) is 0 Å². The molecular weight excluding hydrogens is 234 g/mol. The summed E-state index contributed by atoms with van der Waals surface area (Å²) >= 11 is 0. The molecule has 0 spiro atoms. The Balaban J connectivity index is 2.74. The van der Waals surface area contributed by atoms with Gasteiger partial charge < -0.3 is 5.73 Å². The normalized spacial score (nSPS) is 11.3. The lowest BCUT2D eigenvalue weighted by Gasteiger charge is -2.25. The van der Waals surface area contributed by atoms with Crippen LogP contribution in [0.5, 0.6) is 0 Å². The van der Waals surface area contributed by atoms with Crippen LogP contribution >= 0.6 is 0 Å². The molecular formula is C16H27N3. The van der Waals surface area contributed by atoms with E-state index in [4.69, 9.17) is 11.1 Å². The minimum Gasteiger partial charge on any atom is -0.388 e. The number of hydrogen-bond acceptors (Lipinski definition) is 2. The summed E-state index contributed by atoms with van der Waals surface area (Å²) in [5.41, 5.74) is 9.49. The fourth-order valence-corrected chi connectivity index (χ4v) is 2.24. The van der Waals surface area contributed by atoms with Gasteiger partial charge in [-0.1, -0.05) is 37.6 Å². The van der Waals surface area contributed by atoms with E-state index in [2.05, 4.69) is 50.8 Å². The molecule has 1 rings (SSSR count).